The molecule has 0 fully saturated rings. The van der Waals surface area contributed by atoms with Crippen LogP contribution in [0, 0.1) is 0 Å². The van der Waals surface area contributed by atoms with E-state index >= 15 is 0 Å². The number of hydrogen-bond donors (Lipinski definition) is 2. The van der Waals surface area contributed by atoms with Gasteiger partial charge in [0.1, 0.15) is 43.2 Å². The maximum absolute atomic E-state index is 9.82. The van der Waals surface area contributed by atoms with Gasteiger partial charge in [-0.1, -0.05) is 13.8 Å². The minimum absolute atomic E-state index is 0.249. The Labute approximate surface area is 148 Å². The standard InChI is InChI=1S/C19H26N2O4/c1-15(2)21-12-16(22)14-25-18-7-5-17(6-8-18)23-10-11-24-19-4-3-9-20-13-19/h3-9,13,15-16,21-22H,10-12,14H2,1-2H3. The van der Waals surface area contributed by atoms with E-state index in [1.807, 2.05) is 50.2 Å². The summed E-state index contributed by atoms with van der Waals surface area (Å²) >= 11 is 0. The molecule has 1 aromatic carbocycles. The number of aliphatic hydroxyl groups is 1. The van der Waals surface area contributed by atoms with E-state index in [9.17, 15) is 5.11 Å². The van der Waals surface area contributed by atoms with Crippen molar-refractivity contribution in [2.75, 3.05) is 26.4 Å². The SMILES string of the molecule is CC(C)NCC(O)COc1ccc(OCCOc2cccnc2)cc1. The number of aliphatic hydroxyl groups excluding tert-OH is 1. The third-order valence-electron chi connectivity index (χ3n) is 3.28. The molecule has 6 nitrogen and oxygen atoms in total. The van der Waals surface area contributed by atoms with E-state index in [2.05, 4.69) is 10.3 Å². The fraction of sp³-hybridized carbons (Fsp3) is 0.421. The normalized spacial score (nSPS) is 12.0. The maximum Gasteiger partial charge on any atom is 0.137 e. The molecule has 2 N–H and O–H groups in total. The molecule has 0 bridgehead atoms. The number of pyridine rings is 1. The van der Waals surface area contributed by atoms with Gasteiger partial charge < -0.3 is 24.6 Å². The van der Waals surface area contributed by atoms with Crippen molar-refractivity contribution in [2.45, 2.75) is 26.0 Å². The minimum Gasteiger partial charge on any atom is -0.491 e. The Morgan fingerprint density at radius 3 is 2.20 bits per heavy atom. The number of benzene rings is 1. The van der Waals surface area contributed by atoms with Gasteiger partial charge in [-0.2, -0.15) is 0 Å². The second-order valence-electron chi connectivity index (χ2n) is 5.88. The van der Waals surface area contributed by atoms with E-state index in [0.29, 0.717) is 31.5 Å². The summed E-state index contributed by atoms with van der Waals surface area (Å²) in [6, 6.07) is 11.3. The van der Waals surface area contributed by atoms with Gasteiger partial charge in [-0.25, -0.2) is 0 Å². The summed E-state index contributed by atoms with van der Waals surface area (Å²) in [5.74, 6) is 2.16. The summed E-state index contributed by atoms with van der Waals surface area (Å²) in [7, 11) is 0. The Hall–Kier alpha value is -2.31. The summed E-state index contributed by atoms with van der Waals surface area (Å²) in [5, 5.41) is 13.0. The predicted molar refractivity (Wildman–Crippen MR) is 96.3 cm³/mol. The van der Waals surface area contributed by atoms with E-state index in [1.165, 1.54) is 0 Å². The molecule has 0 spiro atoms. The number of nitrogens with one attached hydrogen (secondary N) is 1. The van der Waals surface area contributed by atoms with Gasteiger partial charge in [0, 0.05) is 18.8 Å². The maximum atomic E-state index is 9.82. The average molecular weight is 346 g/mol. The summed E-state index contributed by atoms with van der Waals surface area (Å²) in [5.41, 5.74) is 0. The van der Waals surface area contributed by atoms with Crippen molar-refractivity contribution in [3.63, 3.8) is 0 Å². The van der Waals surface area contributed by atoms with Crippen LogP contribution >= 0.6 is 0 Å². The Morgan fingerprint density at radius 1 is 0.960 bits per heavy atom. The molecule has 6 heteroatoms. The number of aromatic nitrogens is 1. The first-order valence-electron chi connectivity index (χ1n) is 8.43. The highest BCUT2D eigenvalue weighted by molar-refractivity contribution is 5.31. The van der Waals surface area contributed by atoms with Crippen LogP contribution in [-0.2, 0) is 0 Å². The van der Waals surface area contributed by atoms with Gasteiger partial charge in [0.05, 0.1) is 6.20 Å². The molecule has 136 valence electrons. The molecule has 0 aliphatic carbocycles. The van der Waals surface area contributed by atoms with Crippen LogP contribution in [0.2, 0.25) is 0 Å². The first-order chi connectivity index (χ1) is 12.1. The van der Waals surface area contributed by atoms with Gasteiger partial charge in [-0.3, -0.25) is 4.98 Å². The molecule has 1 heterocycles. The quantitative estimate of drug-likeness (QED) is 0.608. The molecule has 1 aromatic heterocycles. The third kappa shape index (κ3) is 7.87. The molecule has 25 heavy (non-hydrogen) atoms. The van der Waals surface area contributed by atoms with E-state index in [0.717, 1.165) is 11.5 Å². The lowest BCUT2D eigenvalue weighted by atomic mass is 10.3. The highest BCUT2D eigenvalue weighted by Gasteiger charge is 2.06. The van der Waals surface area contributed by atoms with Crippen molar-refractivity contribution in [3.8, 4) is 17.2 Å². The predicted octanol–water partition coefficient (Wildman–Crippen LogP) is 2.28. The van der Waals surface area contributed by atoms with Crippen LogP contribution in [0.15, 0.2) is 48.8 Å². The van der Waals surface area contributed by atoms with Gasteiger partial charge in [0.15, 0.2) is 0 Å². The van der Waals surface area contributed by atoms with Gasteiger partial charge in [-0.15, -0.1) is 0 Å². The molecule has 0 aliphatic rings. The van der Waals surface area contributed by atoms with Crippen LogP contribution in [0.4, 0.5) is 0 Å². The van der Waals surface area contributed by atoms with Crippen LogP contribution in [0.1, 0.15) is 13.8 Å². The molecule has 0 aliphatic heterocycles. The molecule has 0 saturated heterocycles. The molecular formula is C19H26N2O4. The Balaban J connectivity index is 1.64. The molecule has 0 radical (unpaired) electrons. The van der Waals surface area contributed by atoms with Crippen molar-refractivity contribution in [1.82, 2.24) is 10.3 Å². The lowest BCUT2D eigenvalue weighted by molar-refractivity contribution is 0.104. The lowest BCUT2D eigenvalue weighted by Gasteiger charge is -2.15. The summed E-state index contributed by atoms with van der Waals surface area (Å²) in [6.45, 7) is 5.71. The number of hydrogen-bond acceptors (Lipinski definition) is 6. The zero-order valence-corrected chi connectivity index (χ0v) is 14.7. The number of nitrogens with zero attached hydrogens (tertiary/aromatic N) is 1. The molecule has 1 unspecified atom stereocenters. The summed E-state index contributed by atoms with van der Waals surface area (Å²) in [4.78, 5) is 3.98. The van der Waals surface area contributed by atoms with Gasteiger partial charge in [0.25, 0.3) is 0 Å². The Bertz CT molecular complexity index is 590. The zero-order chi connectivity index (χ0) is 17.9. The Kier molecular flexibility index (Phi) is 8.01. The van der Waals surface area contributed by atoms with Gasteiger partial charge in [-0.05, 0) is 36.4 Å². The smallest absolute Gasteiger partial charge is 0.137 e. The molecule has 2 rings (SSSR count). The molecular weight excluding hydrogens is 320 g/mol. The van der Waals surface area contributed by atoms with Gasteiger partial charge in [0.2, 0.25) is 0 Å². The molecule has 0 amide bonds. The fourth-order valence-corrected chi connectivity index (χ4v) is 2.01. The van der Waals surface area contributed by atoms with Crippen LogP contribution in [0.5, 0.6) is 17.2 Å². The monoisotopic (exact) mass is 346 g/mol. The first kappa shape index (κ1) is 19.0. The van der Waals surface area contributed by atoms with Crippen LogP contribution in [0.3, 0.4) is 0 Å². The topological polar surface area (TPSA) is 72.8 Å². The van der Waals surface area contributed by atoms with E-state index in [1.54, 1.807) is 12.4 Å². The molecule has 2 aromatic rings. The van der Waals surface area contributed by atoms with Crippen LogP contribution < -0.4 is 19.5 Å². The average Bonchev–Trinajstić information content (AvgIpc) is 2.63. The first-order valence-corrected chi connectivity index (χ1v) is 8.43. The van der Waals surface area contributed by atoms with E-state index < -0.39 is 6.10 Å². The fourth-order valence-electron chi connectivity index (χ4n) is 2.01. The van der Waals surface area contributed by atoms with Crippen molar-refractivity contribution >= 4 is 0 Å². The van der Waals surface area contributed by atoms with Crippen molar-refractivity contribution in [1.29, 1.82) is 0 Å². The second-order valence-corrected chi connectivity index (χ2v) is 5.88. The van der Waals surface area contributed by atoms with E-state index in [-0.39, 0.29) is 6.61 Å². The summed E-state index contributed by atoms with van der Waals surface area (Å²) < 4.78 is 16.7. The van der Waals surface area contributed by atoms with Crippen molar-refractivity contribution < 1.29 is 19.3 Å². The van der Waals surface area contributed by atoms with Crippen molar-refractivity contribution in [3.05, 3.63) is 48.8 Å². The molecule has 1 atom stereocenters. The van der Waals surface area contributed by atoms with Crippen molar-refractivity contribution in [2.24, 2.45) is 0 Å². The van der Waals surface area contributed by atoms with Gasteiger partial charge >= 0.3 is 0 Å². The van der Waals surface area contributed by atoms with Crippen LogP contribution in [-0.4, -0.2) is 48.6 Å². The highest BCUT2D eigenvalue weighted by atomic mass is 16.5. The number of rotatable bonds is 11. The minimum atomic E-state index is -0.539. The largest absolute Gasteiger partial charge is 0.491 e. The zero-order valence-electron chi connectivity index (χ0n) is 14.7. The van der Waals surface area contributed by atoms with E-state index in [4.69, 9.17) is 14.2 Å². The van der Waals surface area contributed by atoms with Crippen LogP contribution in [0.25, 0.3) is 0 Å². The lowest BCUT2D eigenvalue weighted by Crippen LogP contribution is -2.35. The Morgan fingerprint density at radius 2 is 1.60 bits per heavy atom. The summed E-state index contributed by atoms with van der Waals surface area (Å²) in [6.07, 6.45) is 2.83. The third-order valence-corrected chi connectivity index (χ3v) is 3.28. The molecule has 0 saturated carbocycles. The highest BCUT2D eigenvalue weighted by Crippen LogP contribution is 2.17. The number of ether oxygens (including phenoxy) is 3. The second kappa shape index (κ2) is 10.5.